The third-order valence-corrected chi connectivity index (χ3v) is 4.95. The molecule has 1 aromatic rings. The second-order valence-corrected chi connectivity index (χ2v) is 6.38. The summed E-state index contributed by atoms with van der Waals surface area (Å²) >= 11 is 5.07. The number of aryl methyl sites for hydroxylation is 1. The van der Waals surface area contributed by atoms with Crippen molar-refractivity contribution in [2.24, 2.45) is 11.7 Å². The summed E-state index contributed by atoms with van der Waals surface area (Å²) in [7, 11) is 0. The fourth-order valence-electron chi connectivity index (χ4n) is 1.57. The molecule has 1 unspecified atom stereocenters. The van der Waals surface area contributed by atoms with Crippen molar-refractivity contribution in [2.75, 3.05) is 6.54 Å². The normalized spacial score (nSPS) is 17.4. The van der Waals surface area contributed by atoms with E-state index in [0.29, 0.717) is 0 Å². The Hall–Kier alpha value is -0.390. The summed E-state index contributed by atoms with van der Waals surface area (Å²) in [4.78, 5) is 13.6. The lowest BCUT2D eigenvalue weighted by molar-refractivity contribution is -0.120. The molecule has 1 fully saturated rings. The predicted octanol–water partition coefficient (Wildman–Crippen LogP) is 2.35. The molecule has 3 N–H and O–H groups in total. The Morgan fingerprint density at radius 3 is 2.88 bits per heavy atom. The third kappa shape index (κ3) is 2.84. The zero-order valence-corrected chi connectivity index (χ0v) is 11.5. The van der Waals surface area contributed by atoms with Crippen molar-refractivity contribution in [1.29, 1.82) is 0 Å². The Morgan fingerprint density at radius 2 is 2.44 bits per heavy atom. The van der Waals surface area contributed by atoms with Crippen LogP contribution >= 0.6 is 27.3 Å². The molecule has 1 atom stereocenters. The summed E-state index contributed by atoms with van der Waals surface area (Å²) in [6, 6.07) is 1.64. The lowest BCUT2D eigenvalue weighted by Crippen LogP contribution is -2.34. The van der Waals surface area contributed by atoms with E-state index in [-0.39, 0.29) is 11.9 Å². The highest BCUT2D eigenvalue weighted by molar-refractivity contribution is 9.10. The maximum Gasteiger partial charge on any atom is 0.239 e. The zero-order chi connectivity index (χ0) is 11.7. The molecule has 1 aromatic heterocycles. The number of hydrogen-bond donors (Lipinski definition) is 2. The lowest BCUT2D eigenvalue weighted by atomic mass is 10.2. The number of rotatable bonds is 5. The van der Waals surface area contributed by atoms with Gasteiger partial charge in [-0.15, -0.1) is 11.3 Å². The molecule has 1 saturated carbocycles. The first kappa shape index (κ1) is 12.1. The number of carbonyl (C=O) groups excluding carboxylic acids is 1. The van der Waals surface area contributed by atoms with Crippen LogP contribution in [0.4, 0.5) is 0 Å². The maximum atomic E-state index is 11.4. The summed E-state index contributed by atoms with van der Waals surface area (Å²) in [5.41, 5.74) is 5.42. The van der Waals surface area contributed by atoms with Crippen molar-refractivity contribution in [2.45, 2.75) is 25.8 Å². The smallest absolute Gasteiger partial charge is 0.239 e. The van der Waals surface area contributed by atoms with Crippen LogP contribution < -0.4 is 11.1 Å². The second kappa shape index (κ2) is 4.85. The van der Waals surface area contributed by atoms with E-state index in [4.69, 9.17) is 5.73 Å². The molecule has 88 valence electrons. The Bertz CT molecular complexity index is 381. The summed E-state index contributed by atoms with van der Waals surface area (Å²) in [5, 5.41) is 3.25. The SMILES string of the molecule is Cc1sc(C(NCC2CC2)C(N)=O)cc1Br. The van der Waals surface area contributed by atoms with Gasteiger partial charge in [0.05, 0.1) is 0 Å². The number of amides is 1. The molecule has 0 saturated heterocycles. The number of hydrogen-bond acceptors (Lipinski definition) is 3. The van der Waals surface area contributed by atoms with Gasteiger partial charge in [-0.05, 0) is 54.2 Å². The van der Waals surface area contributed by atoms with Gasteiger partial charge < -0.3 is 11.1 Å². The van der Waals surface area contributed by atoms with E-state index in [2.05, 4.69) is 21.2 Å². The molecule has 3 nitrogen and oxygen atoms in total. The summed E-state index contributed by atoms with van der Waals surface area (Å²) in [6.45, 7) is 2.92. The van der Waals surface area contributed by atoms with E-state index in [0.717, 1.165) is 21.8 Å². The van der Waals surface area contributed by atoms with E-state index >= 15 is 0 Å². The average Bonchev–Trinajstić information content (AvgIpc) is 2.95. The number of thiophene rings is 1. The number of nitrogens with one attached hydrogen (secondary N) is 1. The fourth-order valence-corrected chi connectivity index (χ4v) is 3.22. The molecule has 1 aliphatic carbocycles. The van der Waals surface area contributed by atoms with Gasteiger partial charge in [-0.1, -0.05) is 0 Å². The van der Waals surface area contributed by atoms with Crippen LogP contribution in [0.2, 0.25) is 0 Å². The average molecular weight is 303 g/mol. The van der Waals surface area contributed by atoms with Crippen LogP contribution in [0.25, 0.3) is 0 Å². The van der Waals surface area contributed by atoms with Gasteiger partial charge in [0.25, 0.3) is 0 Å². The zero-order valence-electron chi connectivity index (χ0n) is 9.13. The molecule has 0 spiro atoms. The quantitative estimate of drug-likeness (QED) is 0.877. The van der Waals surface area contributed by atoms with Crippen molar-refractivity contribution < 1.29 is 4.79 Å². The van der Waals surface area contributed by atoms with Crippen LogP contribution in [0.3, 0.4) is 0 Å². The third-order valence-electron chi connectivity index (χ3n) is 2.75. The van der Waals surface area contributed by atoms with Gasteiger partial charge in [0.1, 0.15) is 6.04 Å². The summed E-state index contributed by atoms with van der Waals surface area (Å²) in [6.07, 6.45) is 2.54. The van der Waals surface area contributed by atoms with Crippen molar-refractivity contribution in [1.82, 2.24) is 5.32 Å². The van der Waals surface area contributed by atoms with E-state index in [1.54, 1.807) is 11.3 Å². The Kier molecular flexibility index (Phi) is 3.66. The highest BCUT2D eigenvalue weighted by Crippen LogP contribution is 2.32. The van der Waals surface area contributed by atoms with Crippen LogP contribution in [0.15, 0.2) is 10.5 Å². The van der Waals surface area contributed by atoms with Crippen LogP contribution in [0, 0.1) is 12.8 Å². The van der Waals surface area contributed by atoms with E-state index in [1.807, 2.05) is 13.0 Å². The van der Waals surface area contributed by atoms with Gasteiger partial charge in [-0.25, -0.2) is 0 Å². The highest BCUT2D eigenvalue weighted by atomic mass is 79.9. The Labute approximate surface area is 108 Å². The molecule has 1 aliphatic rings. The molecule has 0 bridgehead atoms. The molecular formula is C11H15BrN2OS. The van der Waals surface area contributed by atoms with Gasteiger partial charge in [0.15, 0.2) is 0 Å². The summed E-state index contributed by atoms with van der Waals surface area (Å²) in [5.74, 6) is 0.445. The Morgan fingerprint density at radius 1 is 1.75 bits per heavy atom. The fraction of sp³-hybridized carbons (Fsp3) is 0.545. The minimum atomic E-state index is -0.337. The highest BCUT2D eigenvalue weighted by Gasteiger charge is 2.25. The van der Waals surface area contributed by atoms with Crippen LogP contribution in [-0.4, -0.2) is 12.5 Å². The van der Waals surface area contributed by atoms with Crippen LogP contribution in [0.5, 0.6) is 0 Å². The van der Waals surface area contributed by atoms with Crippen molar-refractivity contribution >= 4 is 33.2 Å². The van der Waals surface area contributed by atoms with Gasteiger partial charge in [0.2, 0.25) is 5.91 Å². The molecule has 0 radical (unpaired) electrons. The molecule has 0 aliphatic heterocycles. The minimum Gasteiger partial charge on any atom is -0.368 e. The number of nitrogens with two attached hydrogens (primary N) is 1. The molecule has 1 amide bonds. The molecular weight excluding hydrogens is 288 g/mol. The number of carbonyl (C=O) groups is 1. The van der Waals surface area contributed by atoms with Crippen LogP contribution in [-0.2, 0) is 4.79 Å². The van der Waals surface area contributed by atoms with E-state index < -0.39 is 0 Å². The standard InChI is InChI=1S/C11H15BrN2OS/c1-6-8(12)4-9(16-6)10(11(13)15)14-5-7-2-3-7/h4,7,10,14H,2-3,5H2,1H3,(H2,13,15). The van der Waals surface area contributed by atoms with Crippen molar-refractivity contribution in [3.05, 3.63) is 20.3 Å². The molecule has 5 heteroatoms. The largest absolute Gasteiger partial charge is 0.368 e. The Balaban J connectivity index is 2.07. The monoisotopic (exact) mass is 302 g/mol. The van der Waals surface area contributed by atoms with E-state index in [9.17, 15) is 4.79 Å². The molecule has 2 rings (SSSR count). The molecule has 16 heavy (non-hydrogen) atoms. The topological polar surface area (TPSA) is 55.1 Å². The first-order valence-electron chi connectivity index (χ1n) is 5.36. The summed E-state index contributed by atoms with van der Waals surface area (Å²) < 4.78 is 1.05. The number of halogens is 1. The van der Waals surface area contributed by atoms with Gasteiger partial charge in [-0.2, -0.15) is 0 Å². The van der Waals surface area contributed by atoms with Crippen LogP contribution in [0.1, 0.15) is 28.6 Å². The predicted molar refractivity (Wildman–Crippen MR) is 69.4 cm³/mol. The maximum absolute atomic E-state index is 11.4. The molecule has 0 aromatic carbocycles. The van der Waals surface area contributed by atoms with E-state index in [1.165, 1.54) is 17.7 Å². The first-order chi connectivity index (χ1) is 7.58. The first-order valence-corrected chi connectivity index (χ1v) is 6.97. The van der Waals surface area contributed by atoms with Gasteiger partial charge in [-0.3, -0.25) is 4.79 Å². The van der Waals surface area contributed by atoms with Crippen molar-refractivity contribution in [3.8, 4) is 0 Å². The number of primary amides is 1. The van der Waals surface area contributed by atoms with Gasteiger partial charge >= 0.3 is 0 Å². The lowest BCUT2D eigenvalue weighted by Gasteiger charge is -2.13. The second-order valence-electron chi connectivity index (χ2n) is 4.24. The van der Waals surface area contributed by atoms with Gasteiger partial charge in [0, 0.05) is 14.2 Å². The minimum absolute atomic E-state index is 0.297. The molecule has 1 heterocycles. The van der Waals surface area contributed by atoms with Crippen molar-refractivity contribution in [3.63, 3.8) is 0 Å².